The summed E-state index contributed by atoms with van der Waals surface area (Å²) in [5.41, 5.74) is 2.44. The zero-order valence-corrected chi connectivity index (χ0v) is 6.11. The molecule has 9 heavy (non-hydrogen) atoms. The minimum absolute atomic E-state index is 0.748. The van der Waals surface area contributed by atoms with E-state index in [0.29, 0.717) is 0 Å². The molecule has 0 heteroatoms. The number of rotatable bonds is 0. The first-order chi connectivity index (χ1) is 4.33. The molecule has 0 amide bonds. The summed E-state index contributed by atoms with van der Waals surface area (Å²) in [5.74, 6) is 0. The summed E-state index contributed by atoms with van der Waals surface area (Å²) in [5, 5.41) is 0. The van der Waals surface area contributed by atoms with Crippen LogP contribution >= 0.6 is 0 Å². The van der Waals surface area contributed by atoms with Gasteiger partial charge < -0.3 is 0 Å². The van der Waals surface area contributed by atoms with E-state index in [9.17, 15) is 0 Å². The molecule has 0 unspecified atom stereocenters. The van der Waals surface area contributed by atoms with E-state index < -0.39 is 0 Å². The van der Waals surface area contributed by atoms with Gasteiger partial charge in [-0.1, -0.05) is 11.6 Å². The van der Waals surface area contributed by atoms with Crippen molar-refractivity contribution < 1.29 is 0 Å². The van der Waals surface area contributed by atoms with Crippen LogP contribution in [0.15, 0.2) is 11.6 Å². The summed E-state index contributed by atoms with van der Waals surface area (Å²) >= 11 is 0. The normalized spacial score (nSPS) is 30.1. The first-order valence-corrected chi connectivity index (χ1v) is 4.01. The van der Waals surface area contributed by atoms with E-state index >= 15 is 0 Å². The average molecular weight is 122 g/mol. The van der Waals surface area contributed by atoms with E-state index in [1.165, 1.54) is 32.1 Å². The first kappa shape index (κ1) is 5.52. The van der Waals surface area contributed by atoms with Crippen LogP contribution in [0.25, 0.3) is 0 Å². The molecule has 0 nitrogen and oxygen atoms in total. The quantitative estimate of drug-likeness (QED) is 0.433. The highest BCUT2D eigenvalue weighted by Gasteiger charge is 2.44. The third-order valence-corrected chi connectivity index (χ3v) is 3.00. The van der Waals surface area contributed by atoms with Gasteiger partial charge >= 0.3 is 0 Å². The topological polar surface area (TPSA) is 0 Å². The third kappa shape index (κ3) is 0.726. The van der Waals surface area contributed by atoms with Crippen molar-refractivity contribution in [2.24, 2.45) is 5.41 Å². The van der Waals surface area contributed by atoms with Crippen molar-refractivity contribution in [2.45, 2.75) is 39.0 Å². The summed E-state index contributed by atoms with van der Waals surface area (Å²) in [6.45, 7) is 2.31. The zero-order chi connectivity index (χ0) is 6.32. The Hall–Kier alpha value is -0.260. The Labute approximate surface area is 57.0 Å². The van der Waals surface area contributed by atoms with Crippen molar-refractivity contribution >= 4 is 0 Å². The highest BCUT2D eigenvalue weighted by Crippen LogP contribution is 2.57. The summed E-state index contributed by atoms with van der Waals surface area (Å²) in [7, 11) is 0. The number of hydrogen-bond donors (Lipinski definition) is 0. The molecule has 1 fully saturated rings. The van der Waals surface area contributed by atoms with Crippen molar-refractivity contribution in [1.29, 1.82) is 0 Å². The molecular formula is C9H14. The van der Waals surface area contributed by atoms with Gasteiger partial charge in [-0.3, -0.25) is 0 Å². The third-order valence-electron chi connectivity index (χ3n) is 3.00. The molecule has 1 spiro atoms. The average Bonchev–Trinajstić information content (AvgIpc) is 2.60. The van der Waals surface area contributed by atoms with E-state index in [1.807, 2.05) is 0 Å². The van der Waals surface area contributed by atoms with Crippen LogP contribution in [0.1, 0.15) is 39.0 Å². The van der Waals surface area contributed by atoms with E-state index in [4.69, 9.17) is 0 Å². The van der Waals surface area contributed by atoms with Crippen LogP contribution in [-0.4, -0.2) is 0 Å². The molecule has 0 atom stereocenters. The minimum Gasteiger partial charge on any atom is -0.0850 e. The molecule has 0 radical (unpaired) electrons. The molecule has 0 aromatic rings. The monoisotopic (exact) mass is 122 g/mol. The van der Waals surface area contributed by atoms with Gasteiger partial charge in [0.05, 0.1) is 0 Å². The number of hydrogen-bond acceptors (Lipinski definition) is 0. The van der Waals surface area contributed by atoms with Gasteiger partial charge in [-0.05, 0) is 44.4 Å². The van der Waals surface area contributed by atoms with Gasteiger partial charge in [-0.2, -0.15) is 0 Å². The van der Waals surface area contributed by atoms with Gasteiger partial charge in [-0.15, -0.1) is 0 Å². The molecule has 2 aliphatic carbocycles. The predicted octanol–water partition coefficient (Wildman–Crippen LogP) is 2.90. The molecule has 2 aliphatic rings. The maximum absolute atomic E-state index is 2.44. The fourth-order valence-electron chi connectivity index (χ4n) is 1.97. The van der Waals surface area contributed by atoms with Gasteiger partial charge in [-0.25, -0.2) is 0 Å². The van der Waals surface area contributed by atoms with Crippen LogP contribution in [0.5, 0.6) is 0 Å². The lowest BCUT2D eigenvalue weighted by Crippen LogP contribution is -2.05. The lowest BCUT2D eigenvalue weighted by molar-refractivity contribution is 0.496. The molecule has 2 rings (SSSR count). The number of allylic oxidation sites excluding steroid dienone is 2. The lowest BCUT2D eigenvalue weighted by atomic mass is 9.86. The second-order valence-corrected chi connectivity index (χ2v) is 3.56. The highest BCUT2D eigenvalue weighted by atomic mass is 14.5. The Morgan fingerprint density at radius 3 is 2.56 bits per heavy atom. The fraction of sp³-hybridized carbons (Fsp3) is 0.778. The Morgan fingerprint density at radius 2 is 2.11 bits per heavy atom. The Kier molecular flexibility index (Phi) is 0.992. The molecular weight excluding hydrogens is 108 g/mol. The molecule has 0 aromatic carbocycles. The molecule has 0 N–H and O–H groups in total. The lowest BCUT2D eigenvalue weighted by Gasteiger charge is -2.19. The van der Waals surface area contributed by atoms with Crippen molar-refractivity contribution in [3.8, 4) is 0 Å². The summed E-state index contributed by atoms with van der Waals surface area (Å²) in [6.07, 6.45) is 9.67. The minimum atomic E-state index is 0.748. The van der Waals surface area contributed by atoms with Crippen molar-refractivity contribution in [1.82, 2.24) is 0 Å². The van der Waals surface area contributed by atoms with Gasteiger partial charge in [0, 0.05) is 0 Å². The predicted molar refractivity (Wildman–Crippen MR) is 39.3 cm³/mol. The SMILES string of the molecule is CC1=CCCCC12CC2. The standard InChI is InChI=1S/C9H14/c1-8-4-2-3-5-9(8)6-7-9/h4H,2-3,5-7H2,1H3. The molecule has 0 heterocycles. The van der Waals surface area contributed by atoms with Crippen molar-refractivity contribution in [3.05, 3.63) is 11.6 Å². The van der Waals surface area contributed by atoms with Crippen molar-refractivity contribution in [3.63, 3.8) is 0 Å². The van der Waals surface area contributed by atoms with Crippen LogP contribution < -0.4 is 0 Å². The molecule has 1 saturated carbocycles. The molecule has 0 saturated heterocycles. The Balaban J connectivity index is 2.22. The second kappa shape index (κ2) is 1.62. The van der Waals surface area contributed by atoms with Gasteiger partial charge in [0.25, 0.3) is 0 Å². The molecule has 0 bridgehead atoms. The van der Waals surface area contributed by atoms with Crippen LogP contribution in [0.3, 0.4) is 0 Å². The first-order valence-electron chi connectivity index (χ1n) is 4.01. The van der Waals surface area contributed by atoms with E-state index in [-0.39, 0.29) is 0 Å². The fourth-order valence-corrected chi connectivity index (χ4v) is 1.97. The van der Waals surface area contributed by atoms with Crippen molar-refractivity contribution in [2.75, 3.05) is 0 Å². The Bertz CT molecular complexity index is 149. The highest BCUT2D eigenvalue weighted by molar-refractivity contribution is 5.21. The molecule has 0 aromatic heterocycles. The summed E-state index contributed by atoms with van der Waals surface area (Å²) in [4.78, 5) is 0. The second-order valence-electron chi connectivity index (χ2n) is 3.56. The van der Waals surface area contributed by atoms with E-state index in [2.05, 4.69) is 13.0 Å². The van der Waals surface area contributed by atoms with Crippen LogP contribution in [0, 0.1) is 5.41 Å². The van der Waals surface area contributed by atoms with Crippen LogP contribution in [0.2, 0.25) is 0 Å². The van der Waals surface area contributed by atoms with Crippen LogP contribution in [0.4, 0.5) is 0 Å². The van der Waals surface area contributed by atoms with Gasteiger partial charge in [0.2, 0.25) is 0 Å². The van der Waals surface area contributed by atoms with Crippen LogP contribution in [-0.2, 0) is 0 Å². The van der Waals surface area contributed by atoms with Gasteiger partial charge in [0.1, 0.15) is 0 Å². The van der Waals surface area contributed by atoms with E-state index in [0.717, 1.165) is 5.41 Å². The van der Waals surface area contributed by atoms with Gasteiger partial charge in [0.15, 0.2) is 0 Å². The molecule has 0 aliphatic heterocycles. The van der Waals surface area contributed by atoms with E-state index in [1.54, 1.807) is 5.57 Å². The maximum atomic E-state index is 2.44. The smallest absolute Gasteiger partial charge is 0.00901 e. The largest absolute Gasteiger partial charge is 0.0850 e. The maximum Gasteiger partial charge on any atom is -0.00901 e. The summed E-state index contributed by atoms with van der Waals surface area (Å²) in [6, 6.07) is 0. The molecule has 50 valence electrons. The Morgan fingerprint density at radius 1 is 1.33 bits per heavy atom. The zero-order valence-electron chi connectivity index (χ0n) is 6.11. The summed E-state index contributed by atoms with van der Waals surface area (Å²) < 4.78 is 0.